The van der Waals surface area contributed by atoms with E-state index < -0.39 is 10.0 Å². The van der Waals surface area contributed by atoms with Crippen LogP contribution in [0.25, 0.3) is 10.8 Å². The largest absolute Gasteiger partial charge is 0.345 e. The highest BCUT2D eigenvalue weighted by molar-refractivity contribution is 7.89. The van der Waals surface area contributed by atoms with Crippen LogP contribution in [0.5, 0.6) is 0 Å². The van der Waals surface area contributed by atoms with E-state index in [4.69, 9.17) is 0 Å². The average Bonchev–Trinajstić information content (AvgIpc) is 3.21. The molecule has 30 heavy (non-hydrogen) atoms. The van der Waals surface area contributed by atoms with Crippen molar-refractivity contribution < 1.29 is 8.42 Å². The third kappa shape index (κ3) is 3.45. The average molecular weight is 421 g/mol. The van der Waals surface area contributed by atoms with Crippen molar-refractivity contribution in [1.82, 2.24) is 14.9 Å². The van der Waals surface area contributed by atoms with E-state index in [1.807, 2.05) is 54.7 Å². The zero-order valence-electron chi connectivity index (χ0n) is 16.5. The molecular weight excluding hydrogens is 396 g/mol. The van der Waals surface area contributed by atoms with E-state index in [1.54, 1.807) is 18.3 Å². The Morgan fingerprint density at radius 1 is 0.933 bits per heavy atom. The summed E-state index contributed by atoms with van der Waals surface area (Å²) in [5.74, 6) is 0. The number of sulfonamides is 1. The van der Waals surface area contributed by atoms with Gasteiger partial charge in [0.05, 0.1) is 11.4 Å². The lowest BCUT2D eigenvalue weighted by Crippen LogP contribution is -2.36. The predicted octanol–water partition coefficient (Wildman–Crippen LogP) is 2.84. The maximum atomic E-state index is 13.6. The second-order valence-corrected chi connectivity index (χ2v) is 9.50. The molecule has 0 aliphatic carbocycles. The van der Waals surface area contributed by atoms with Gasteiger partial charge in [0.25, 0.3) is 10.0 Å². The van der Waals surface area contributed by atoms with Gasteiger partial charge < -0.3 is 10.2 Å². The van der Waals surface area contributed by atoms with E-state index in [2.05, 4.69) is 21.6 Å². The molecule has 1 fully saturated rings. The van der Waals surface area contributed by atoms with Gasteiger partial charge in [-0.05, 0) is 23.1 Å². The SMILES string of the molecule is O=S(=O)(c1cccc2ccccc12)N1C=CN(CC2CNCN2)c2ccccc2C1. The number of fused-ring (bicyclic) bond motifs is 2. The Labute approximate surface area is 176 Å². The van der Waals surface area contributed by atoms with E-state index >= 15 is 0 Å². The molecule has 154 valence electrons. The third-order valence-electron chi connectivity index (χ3n) is 5.70. The van der Waals surface area contributed by atoms with Crippen molar-refractivity contribution in [3.05, 3.63) is 84.7 Å². The Hall–Kier alpha value is -2.87. The van der Waals surface area contributed by atoms with Crippen LogP contribution in [0, 0.1) is 0 Å². The Kier molecular flexibility index (Phi) is 4.94. The van der Waals surface area contributed by atoms with Crippen LogP contribution in [-0.4, -0.2) is 38.5 Å². The topological polar surface area (TPSA) is 64.7 Å². The van der Waals surface area contributed by atoms with Crippen LogP contribution in [-0.2, 0) is 16.6 Å². The van der Waals surface area contributed by atoms with Crippen LogP contribution >= 0.6 is 0 Å². The van der Waals surface area contributed by atoms with Crippen molar-refractivity contribution in [1.29, 1.82) is 0 Å². The summed E-state index contributed by atoms with van der Waals surface area (Å²) in [5, 5.41) is 8.38. The fourth-order valence-corrected chi connectivity index (χ4v) is 5.64. The molecule has 6 nitrogen and oxygen atoms in total. The summed E-state index contributed by atoms with van der Waals surface area (Å²) in [7, 11) is -3.71. The second kappa shape index (κ2) is 7.75. The summed E-state index contributed by atoms with van der Waals surface area (Å²) in [6, 6.07) is 21.3. The number of benzene rings is 3. The molecule has 2 heterocycles. The molecule has 1 unspecified atom stereocenters. The van der Waals surface area contributed by atoms with Crippen molar-refractivity contribution in [3.8, 4) is 0 Å². The molecule has 5 rings (SSSR count). The lowest BCUT2D eigenvalue weighted by Gasteiger charge is -2.24. The molecule has 0 bridgehead atoms. The molecule has 0 amide bonds. The van der Waals surface area contributed by atoms with Crippen LogP contribution in [0.1, 0.15) is 5.56 Å². The zero-order chi connectivity index (χ0) is 20.6. The first-order chi connectivity index (χ1) is 14.6. The summed E-state index contributed by atoms with van der Waals surface area (Å²) in [6.45, 7) is 2.75. The first kappa shape index (κ1) is 19.1. The van der Waals surface area contributed by atoms with Crippen LogP contribution < -0.4 is 15.5 Å². The first-order valence-electron chi connectivity index (χ1n) is 10.1. The van der Waals surface area contributed by atoms with E-state index in [-0.39, 0.29) is 0 Å². The van der Waals surface area contributed by atoms with Crippen LogP contribution in [0.15, 0.2) is 84.0 Å². The smallest absolute Gasteiger partial charge is 0.264 e. The lowest BCUT2D eigenvalue weighted by molar-refractivity contribution is 0.498. The first-order valence-corrected chi connectivity index (χ1v) is 11.5. The highest BCUT2D eigenvalue weighted by Gasteiger charge is 2.28. The molecule has 1 saturated heterocycles. The van der Waals surface area contributed by atoms with Gasteiger partial charge in [-0.3, -0.25) is 9.62 Å². The fourth-order valence-electron chi connectivity index (χ4n) is 4.15. The number of para-hydroxylation sites is 1. The van der Waals surface area contributed by atoms with Gasteiger partial charge in [-0.15, -0.1) is 0 Å². The summed E-state index contributed by atoms with van der Waals surface area (Å²) >= 11 is 0. The highest BCUT2D eigenvalue weighted by Crippen LogP contribution is 2.31. The maximum absolute atomic E-state index is 13.6. The molecular formula is C23H24N4O2S. The number of hydrogen-bond donors (Lipinski definition) is 2. The number of nitrogens with one attached hydrogen (secondary N) is 2. The summed E-state index contributed by atoms with van der Waals surface area (Å²) < 4.78 is 28.7. The van der Waals surface area contributed by atoms with E-state index in [9.17, 15) is 8.42 Å². The number of nitrogens with zero attached hydrogens (tertiary/aromatic N) is 2. The Balaban J connectivity index is 1.54. The molecule has 2 aliphatic heterocycles. The monoisotopic (exact) mass is 420 g/mol. The minimum absolute atomic E-state index is 0.297. The molecule has 2 N–H and O–H groups in total. The molecule has 0 spiro atoms. The van der Waals surface area contributed by atoms with Gasteiger partial charge in [-0.2, -0.15) is 0 Å². The van der Waals surface area contributed by atoms with Gasteiger partial charge >= 0.3 is 0 Å². The minimum Gasteiger partial charge on any atom is -0.345 e. The van der Waals surface area contributed by atoms with Crippen LogP contribution in [0.2, 0.25) is 0 Å². The normalized spacial score (nSPS) is 19.1. The van der Waals surface area contributed by atoms with E-state index in [1.165, 1.54) is 4.31 Å². The van der Waals surface area contributed by atoms with E-state index in [0.717, 1.165) is 41.8 Å². The van der Waals surface area contributed by atoms with Gasteiger partial charge in [0.2, 0.25) is 0 Å². The Morgan fingerprint density at radius 2 is 1.73 bits per heavy atom. The summed E-state index contributed by atoms with van der Waals surface area (Å²) in [4.78, 5) is 2.47. The van der Waals surface area contributed by atoms with E-state index in [0.29, 0.717) is 17.5 Å². The van der Waals surface area contributed by atoms with Gasteiger partial charge in [-0.25, -0.2) is 8.42 Å². The molecule has 0 saturated carbocycles. The number of hydrogen-bond acceptors (Lipinski definition) is 5. The molecule has 0 aromatic heterocycles. The Bertz CT molecular complexity index is 1200. The minimum atomic E-state index is -3.71. The van der Waals surface area contributed by atoms with Crippen LogP contribution in [0.3, 0.4) is 0 Å². The summed E-state index contributed by atoms with van der Waals surface area (Å²) in [5.41, 5.74) is 2.02. The van der Waals surface area contributed by atoms with Crippen LogP contribution in [0.4, 0.5) is 5.69 Å². The highest BCUT2D eigenvalue weighted by atomic mass is 32.2. The molecule has 7 heteroatoms. The molecule has 3 aromatic rings. The molecule has 3 aromatic carbocycles. The predicted molar refractivity (Wildman–Crippen MR) is 119 cm³/mol. The summed E-state index contributed by atoms with van der Waals surface area (Å²) in [6.07, 6.45) is 3.58. The lowest BCUT2D eigenvalue weighted by atomic mass is 10.1. The van der Waals surface area contributed by atoms with Crippen molar-refractivity contribution in [3.63, 3.8) is 0 Å². The van der Waals surface area contributed by atoms with Gasteiger partial charge in [-0.1, -0.05) is 54.6 Å². The van der Waals surface area contributed by atoms with Crippen molar-refractivity contribution in [2.75, 3.05) is 24.7 Å². The Morgan fingerprint density at radius 3 is 2.60 bits per heavy atom. The number of rotatable bonds is 4. The quantitative estimate of drug-likeness (QED) is 0.680. The fraction of sp³-hybridized carbons (Fsp3) is 0.217. The van der Waals surface area contributed by atoms with Crippen molar-refractivity contribution in [2.45, 2.75) is 17.5 Å². The van der Waals surface area contributed by atoms with Crippen molar-refractivity contribution >= 4 is 26.5 Å². The zero-order valence-corrected chi connectivity index (χ0v) is 17.3. The standard InChI is InChI=1S/C23H24N4O2S/c28-30(29,23-11-5-8-18-6-1-3-9-21(18)23)27-13-12-26(16-20-14-24-17-25-20)22-10-4-2-7-19(22)15-27/h1-13,20,24-25H,14-17H2. The second-order valence-electron chi connectivity index (χ2n) is 7.64. The molecule has 0 radical (unpaired) electrons. The van der Waals surface area contributed by atoms with Crippen molar-refractivity contribution in [2.24, 2.45) is 0 Å². The maximum Gasteiger partial charge on any atom is 0.264 e. The molecule has 2 aliphatic rings. The number of anilines is 1. The molecule has 1 atom stereocenters. The van der Waals surface area contributed by atoms with Gasteiger partial charge in [0, 0.05) is 49.3 Å². The third-order valence-corrected chi connectivity index (χ3v) is 7.48. The van der Waals surface area contributed by atoms with Gasteiger partial charge in [0.1, 0.15) is 0 Å². The van der Waals surface area contributed by atoms with Gasteiger partial charge in [0.15, 0.2) is 0 Å².